The summed E-state index contributed by atoms with van der Waals surface area (Å²) in [6, 6.07) is 17.7. The van der Waals surface area contributed by atoms with E-state index in [4.69, 9.17) is 46.4 Å². The normalized spacial score (nSPS) is 27.0. The molecule has 0 spiro atoms. The van der Waals surface area contributed by atoms with Gasteiger partial charge in [-0.15, -0.1) is 23.2 Å². The van der Waals surface area contributed by atoms with Crippen molar-refractivity contribution in [2.24, 2.45) is 0 Å². The number of carbonyl (C=O) groups excluding carboxylic acids is 2. The van der Waals surface area contributed by atoms with Crippen molar-refractivity contribution in [3.63, 3.8) is 0 Å². The van der Waals surface area contributed by atoms with Crippen molar-refractivity contribution < 1.29 is 14.7 Å². The Hall–Kier alpha value is -3.56. The van der Waals surface area contributed by atoms with Crippen LogP contribution in [0.15, 0.2) is 98.0 Å². The zero-order chi connectivity index (χ0) is 29.7. The second kappa shape index (κ2) is 9.22. The topological polar surface area (TPSA) is 103 Å². The van der Waals surface area contributed by atoms with Crippen LogP contribution < -0.4 is 11.4 Å². The van der Waals surface area contributed by atoms with Gasteiger partial charge in [0.2, 0.25) is 0 Å². The van der Waals surface area contributed by atoms with Gasteiger partial charge in [-0.25, -0.2) is 23.5 Å². The molecule has 0 amide bonds. The summed E-state index contributed by atoms with van der Waals surface area (Å²) in [5, 5.41) is 11.5. The number of allylic oxidation sites excluding steroid dienone is 4. The number of nitrogens with zero attached hydrogens (tertiary/aromatic N) is 3. The summed E-state index contributed by atoms with van der Waals surface area (Å²) in [6.07, 6.45) is 1.34. The number of phenols is 1. The zero-order valence-electron chi connectivity index (χ0n) is 21.4. The molecule has 2 heterocycles. The molecule has 0 unspecified atom stereocenters. The van der Waals surface area contributed by atoms with Gasteiger partial charge in [0.1, 0.15) is 25.6 Å². The molecule has 7 rings (SSSR count). The van der Waals surface area contributed by atoms with Crippen LogP contribution in [0.4, 0.5) is 0 Å². The lowest BCUT2D eigenvalue weighted by Gasteiger charge is -2.54. The number of benzene rings is 3. The molecular formula is C30H19Cl4N3O5. The average Bonchev–Trinajstić information content (AvgIpc) is 3.26. The van der Waals surface area contributed by atoms with E-state index in [-0.39, 0.29) is 24.3 Å². The number of alkyl halides is 2. The molecule has 212 valence electrons. The van der Waals surface area contributed by atoms with Crippen LogP contribution in [0, 0.1) is 0 Å². The first kappa shape index (κ1) is 27.3. The van der Waals surface area contributed by atoms with Crippen LogP contribution in [-0.4, -0.2) is 40.4 Å². The summed E-state index contributed by atoms with van der Waals surface area (Å²) in [4.78, 5) is 50.9. The van der Waals surface area contributed by atoms with Crippen LogP contribution in [0.1, 0.15) is 23.9 Å². The molecule has 3 aliphatic rings. The summed E-state index contributed by atoms with van der Waals surface area (Å²) in [5.41, 5.74) is -0.233. The van der Waals surface area contributed by atoms with Gasteiger partial charge < -0.3 is 5.11 Å². The monoisotopic (exact) mass is 641 g/mol. The third-order valence-electron chi connectivity index (χ3n) is 8.55. The molecule has 1 fully saturated rings. The predicted molar refractivity (Wildman–Crippen MR) is 160 cm³/mol. The quantitative estimate of drug-likeness (QED) is 0.241. The standard InChI is InChI=1S/C30H19Cl4N3O5/c31-23-24(32)26(40)30(34)22(21-17-9-5-4-6-15(17)10-11-20(21)38)18-12-13-35-27(41)36(16-7-2-1-3-8-16)28(42)37(35)19(18)14-29(30,33)25(23)39/h1-12,19,22,38H,13-14H2/t19-,22-,29-,30+/m1/s1. The van der Waals surface area contributed by atoms with Crippen molar-refractivity contribution >= 4 is 68.7 Å². The lowest BCUT2D eigenvalue weighted by atomic mass is 9.58. The lowest BCUT2D eigenvalue weighted by molar-refractivity contribution is -0.128. The van der Waals surface area contributed by atoms with E-state index in [0.717, 1.165) is 9.95 Å². The van der Waals surface area contributed by atoms with Gasteiger partial charge in [-0.3, -0.25) is 9.59 Å². The first-order valence-electron chi connectivity index (χ1n) is 13.0. The Morgan fingerprint density at radius 3 is 2.21 bits per heavy atom. The molecule has 0 bridgehead atoms. The molecule has 4 atom stereocenters. The molecule has 0 saturated heterocycles. The smallest absolute Gasteiger partial charge is 0.352 e. The molecule has 0 radical (unpaired) electrons. The third kappa shape index (κ3) is 3.32. The fraction of sp³-hybridized carbons (Fsp3) is 0.200. The van der Waals surface area contributed by atoms with Gasteiger partial charge in [-0.1, -0.05) is 77.8 Å². The Labute approximate surface area is 257 Å². The second-order valence-electron chi connectivity index (χ2n) is 10.5. The molecule has 12 heteroatoms. The van der Waals surface area contributed by atoms with Crippen LogP contribution in [0.2, 0.25) is 0 Å². The highest BCUT2D eigenvalue weighted by Crippen LogP contribution is 2.65. The summed E-state index contributed by atoms with van der Waals surface area (Å²) in [7, 11) is 0. The Morgan fingerprint density at radius 1 is 0.810 bits per heavy atom. The van der Waals surface area contributed by atoms with Crippen molar-refractivity contribution in [2.45, 2.75) is 34.7 Å². The van der Waals surface area contributed by atoms with Crippen molar-refractivity contribution in [1.29, 1.82) is 0 Å². The fourth-order valence-corrected chi connectivity index (χ4v) is 8.18. The molecule has 1 aliphatic heterocycles. The summed E-state index contributed by atoms with van der Waals surface area (Å²) in [5.74, 6) is -3.20. The third-order valence-corrected chi connectivity index (χ3v) is 10.8. The van der Waals surface area contributed by atoms with Crippen LogP contribution in [-0.2, 0) is 16.1 Å². The highest BCUT2D eigenvalue weighted by Gasteiger charge is 2.72. The molecule has 1 aromatic heterocycles. The van der Waals surface area contributed by atoms with Crippen molar-refractivity contribution in [2.75, 3.05) is 0 Å². The Balaban J connectivity index is 1.57. The van der Waals surface area contributed by atoms with Crippen LogP contribution in [0.5, 0.6) is 5.75 Å². The van der Waals surface area contributed by atoms with Gasteiger partial charge in [-0.2, -0.15) is 0 Å². The van der Waals surface area contributed by atoms with E-state index in [1.165, 1.54) is 15.4 Å². The number of para-hydroxylation sites is 1. The number of halogens is 4. The van der Waals surface area contributed by atoms with E-state index >= 15 is 0 Å². The molecule has 2 aliphatic carbocycles. The number of phenolic OH excluding ortho intramolecular Hbond substituents is 1. The van der Waals surface area contributed by atoms with E-state index in [1.807, 2.05) is 12.1 Å². The molecule has 4 aromatic rings. The van der Waals surface area contributed by atoms with E-state index in [0.29, 0.717) is 16.6 Å². The van der Waals surface area contributed by atoms with Gasteiger partial charge in [0, 0.05) is 17.9 Å². The maximum Gasteiger partial charge on any atom is 0.352 e. The van der Waals surface area contributed by atoms with E-state index in [1.54, 1.807) is 54.6 Å². The number of hydrogen-bond donors (Lipinski definition) is 1. The minimum absolute atomic E-state index is 0.0452. The number of fused-ring (bicyclic) bond motifs is 5. The van der Waals surface area contributed by atoms with Gasteiger partial charge in [-0.05, 0) is 34.5 Å². The number of aromatic nitrogens is 3. The first-order valence-corrected chi connectivity index (χ1v) is 14.5. The lowest BCUT2D eigenvalue weighted by Crippen LogP contribution is -2.67. The molecule has 3 aromatic carbocycles. The van der Waals surface area contributed by atoms with Crippen molar-refractivity contribution in [3.05, 3.63) is 115 Å². The number of aromatic hydroxyl groups is 1. The average molecular weight is 643 g/mol. The molecule has 42 heavy (non-hydrogen) atoms. The maximum absolute atomic E-state index is 14.0. The first-order chi connectivity index (χ1) is 20.0. The Bertz CT molecular complexity index is 2060. The molecule has 1 saturated carbocycles. The number of Topliss-reactive ketones (excluding diaryl/α,β-unsaturated/α-hetero) is 2. The minimum Gasteiger partial charge on any atom is -0.508 e. The second-order valence-corrected chi connectivity index (χ2v) is 12.5. The highest BCUT2D eigenvalue weighted by molar-refractivity contribution is 6.66. The number of rotatable bonds is 2. The van der Waals surface area contributed by atoms with Gasteiger partial charge in [0.15, 0.2) is 11.6 Å². The van der Waals surface area contributed by atoms with Crippen LogP contribution >= 0.6 is 46.4 Å². The molecule has 8 nitrogen and oxygen atoms in total. The number of ketones is 2. The SMILES string of the molecule is O=C1C(Cl)=C(Cl)C(=O)[C@@]2(Cl)[C@@H](c3c(O)ccc4ccccc34)C3=CCn4c(=O)n(-c5ccccc5)c(=O)n4[C@@H]3C[C@@]12Cl. The summed E-state index contributed by atoms with van der Waals surface area (Å²) < 4.78 is 3.53. The summed E-state index contributed by atoms with van der Waals surface area (Å²) in [6.45, 7) is -0.0452. The number of carbonyl (C=O) groups is 2. The minimum atomic E-state index is -2.24. The van der Waals surface area contributed by atoms with Crippen LogP contribution in [0.25, 0.3) is 16.5 Å². The van der Waals surface area contributed by atoms with Gasteiger partial charge in [0.25, 0.3) is 0 Å². The van der Waals surface area contributed by atoms with Gasteiger partial charge >= 0.3 is 11.4 Å². The van der Waals surface area contributed by atoms with E-state index in [2.05, 4.69) is 0 Å². The molecule has 1 N–H and O–H groups in total. The highest BCUT2D eigenvalue weighted by atomic mass is 35.5. The van der Waals surface area contributed by atoms with Crippen molar-refractivity contribution in [3.8, 4) is 11.4 Å². The van der Waals surface area contributed by atoms with E-state index in [9.17, 15) is 24.3 Å². The van der Waals surface area contributed by atoms with Gasteiger partial charge in [0.05, 0.1) is 18.3 Å². The Kier molecular flexibility index (Phi) is 5.99. The molecular weight excluding hydrogens is 624 g/mol. The van der Waals surface area contributed by atoms with Crippen molar-refractivity contribution in [1.82, 2.24) is 13.9 Å². The van der Waals surface area contributed by atoms with E-state index < -0.39 is 54.7 Å². The predicted octanol–water partition coefficient (Wildman–Crippen LogP) is 5.12. The maximum atomic E-state index is 14.0. The fourth-order valence-electron chi connectivity index (χ4n) is 6.67. The summed E-state index contributed by atoms with van der Waals surface area (Å²) >= 11 is 27.1. The zero-order valence-corrected chi connectivity index (χ0v) is 24.5. The number of hydrogen-bond acceptors (Lipinski definition) is 5. The Morgan fingerprint density at radius 2 is 1.48 bits per heavy atom. The largest absolute Gasteiger partial charge is 0.508 e. The van der Waals surface area contributed by atoms with Crippen LogP contribution in [0.3, 0.4) is 0 Å².